The standard InChI is InChI=1S/C45H47BrN2O5S/c1-31(2)35-27-41(32(3)42(49)28-35)48-21-19-47(20-22-48)23-24-50-25-26-51-37-13-15-38(16-14-37)53-44-40-18-17-39(52-30-33-7-5-4-6-8-33)29-43(40)54-45(44)34-9-11-36(46)12-10-34/h4-18,29,35H,1,19-28,30H2,2-3H3. The molecule has 1 unspecified atom stereocenters. The van der Waals surface area contributed by atoms with E-state index in [4.69, 9.17) is 18.9 Å². The molecule has 54 heavy (non-hydrogen) atoms. The van der Waals surface area contributed by atoms with Crippen molar-refractivity contribution < 1.29 is 23.7 Å². The van der Waals surface area contributed by atoms with Crippen LogP contribution < -0.4 is 14.2 Å². The zero-order valence-electron chi connectivity index (χ0n) is 31.0. The fourth-order valence-electron chi connectivity index (χ4n) is 6.97. The number of hydrogen-bond acceptors (Lipinski definition) is 8. The van der Waals surface area contributed by atoms with E-state index in [1.807, 2.05) is 62.4 Å². The smallest absolute Gasteiger partial charge is 0.160 e. The number of halogens is 1. The Morgan fingerprint density at radius 1 is 0.833 bits per heavy atom. The molecule has 1 fully saturated rings. The van der Waals surface area contributed by atoms with Crippen molar-refractivity contribution in [2.45, 2.75) is 33.3 Å². The second kappa shape index (κ2) is 17.8. The molecule has 7 rings (SSSR count). The first-order valence-electron chi connectivity index (χ1n) is 18.6. The van der Waals surface area contributed by atoms with E-state index in [0.29, 0.717) is 32.8 Å². The number of ether oxygens (including phenoxy) is 4. The molecule has 0 spiro atoms. The highest BCUT2D eigenvalue weighted by Crippen LogP contribution is 2.47. The van der Waals surface area contributed by atoms with Gasteiger partial charge in [-0.2, -0.15) is 0 Å². The minimum absolute atomic E-state index is 0.264. The first kappa shape index (κ1) is 37.9. The number of rotatable bonds is 15. The summed E-state index contributed by atoms with van der Waals surface area (Å²) in [5, 5.41) is 1.04. The quantitative estimate of drug-likeness (QED) is 0.0771. The SMILES string of the molecule is C=C(C)C1CC(=O)C(C)=C(N2CCN(CCOCCOc3ccc(Oc4c(-c5ccc(Br)cc5)sc5cc(OCc6ccccc6)ccc45)cc3)CC2)C1. The highest BCUT2D eigenvalue weighted by molar-refractivity contribution is 9.10. The van der Waals surface area contributed by atoms with Crippen LogP contribution in [0.5, 0.6) is 23.0 Å². The number of carbonyl (C=O) groups excluding carboxylic acids is 1. The molecule has 5 aromatic rings. The van der Waals surface area contributed by atoms with Crippen molar-refractivity contribution in [1.29, 1.82) is 0 Å². The number of carbonyl (C=O) groups is 1. The molecule has 2 heterocycles. The Hall–Kier alpha value is -4.41. The molecular formula is C45H47BrN2O5S. The lowest BCUT2D eigenvalue weighted by molar-refractivity contribution is -0.116. The molecule has 2 aliphatic rings. The van der Waals surface area contributed by atoms with Crippen LogP contribution in [0.2, 0.25) is 0 Å². The van der Waals surface area contributed by atoms with Gasteiger partial charge in [0.25, 0.3) is 0 Å². The molecule has 4 aromatic carbocycles. The molecule has 1 aromatic heterocycles. The van der Waals surface area contributed by atoms with Gasteiger partial charge in [0.1, 0.15) is 30.5 Å². The molecule has 0 amide bonds. The van der Waals surface area contributed by atoms with Gasteiger partial charge in [0, 0.05) is 65.0 Å². The third-order valence-corrected chi connectivity index (χ3v) is 11.9. The summed E-state index contributed by atoms with van der Waals surface area (Å²) in [4.78, 5) is 18.5. The number of hydrogen-bond donors (Lipinski definition) is 0. The minimum Gasteiger partial charge on any atom is -0.491 e. The number of allylic oxidation sites excluding steroid dienone is 3. The van der Waals surface area contributed by atoms with Crippen LogP contribution in [0.1, 0.15) is 32.3 Å². The summed E-state index contributed by atoms with van der Waals surface area (Å²) < 4.78 is 26.8. The predicted octanol–water partition coefficient (Wildman–Crippen LogP) is 10.5. The van der Waals surface area contributed by atoms with Gasteiger partial charge in [-0.25, -0.2) is 0 Å². The largest absolute Gasteiger partial charge is 0.491 e. The summed E-state index contributed by atoms with van der Waals surface area (Å²) in [7, 11) is 0. The number of Topliss-reactive ketones (excluding diaryl/α,β-unsaturated/α-hetero) is 1. The molecule has 0 radical (unpaired) electrons. The Morgan fingerprint density at radius 2 is 1.56 bits per heavy atom. The van der Waals surface area contributed by atoms with Gasteiger partial charge in [0.15, 0.2) is 11.5 Å². The number of thiophene rings is 1. The van der Waals surface area contributed by atoms with Crippen LogP contribution in [-0.4, -0.2) is 68.1 Å². The Bertz CT molecular complexity index is 2090. The third-order valence-electron chi connectivity index (χ3n) is 10.2. The van der Waals surface area contributed by atoms with Crippen molar-refractivity contribution in [2.75, 3.05) is 52.5 Å². The van der Waals surface area contributed by atoms with Crippen LogP contribution in [0.4, 0.5) is 0 Å². The van der Waals surface area contributed by atoms with Crippen LogP contribution in [0, 0.1) is 5.92 Å². The number of benzene rings is 4. The van der Waals surface area contributed by atoms with E-state index in [1.54, 1.807) is 11.3 Å². The summed E-state index contributed by atoms with van der Waals surface area (Å²) >= 11 is 5.26. The lowest BCUT2D eigenvalue weighted by atomic mass is 9.82. The molecule has 7 nitrogen and oxygen atoms in total. The van der Waals surface area contributed by atoms with Gasteiger partial charge in [0.05, 0.1) is 18.1 Å². The van der Waals surface area contributed by atoms with Crippen molar-refractivity contribution in [1.82, 2.24) is 9.80 Å². The molecule has 1 aliphatic carbocycles. The summed E-state index contributed by atoms with van der Waals surface area (Å²) in [5.41, 5.74) is 5.48. The topological polar surface area (TPSA) is 60.5 Å². The number of fused-ring (bicyclic) bond motifs is 1. The molecule has 1 saturated heterocycles. The number of nitrogens with zero attached hydrogens (tertiary/aromatic N) is 2. The zero-order chi connectivity index (χ0) is 37.4. The van der Waals surface area contributed by atoms with Crippen molar-refractivity contribution in [3.63, 3.8) is 0 Å². The summed E-state index contributed by atoms with van der Waals surface area (Å²) in [6, 6.07) is 32.5. The van der Waals surface area contributed by atoms with Crippen LogP contribution in [0.15, 0.2) is 125 Å². The van der Waals surface area contributed by atoms with E-state index in [-0.39, 0.29) is 11.7 Å². The second-order valence-electron chi connectivity index (χ2n) is 14.0. The summed E-state index contributed by atoms with van der Waals surface area (Å²) in [6.07, 6.45) is 1.53. The van der Waals surface area contributed by atoms with Gasteiger partial charge in [0.2, 0.25) is 0 Å². The van der Waals surface area contributed by atoms with Gasteiger partial charge >= 0.3 is 0 Å². The van der Waals surface area contributed by atoms with E-state index in [1.165, 1.54) is 5.70 Å². The average Bonchev–Trinajstić information content (AvgIpc) is 3.55. The highest BCUT2D eigenvalue weighted by Gasteiger charge is 2.30. The van der Waals surface area contributed by atoms with Crippen molar-refractivity contribution in [3.8, 4) is 33.4 Å². The number of ketones is 1. The van der Waals surface area contributed by atoms with Crippen molar-refractivity contribution in [3.05, 3.63) is 131 Å². The Kier molecular flexibility index (Phi) is 12.5. The predicted molar refractivity (Wildman–Crippen MR) is 222 cm³/mol. The van der Waals surface area contributed by atoms with Gasteiger partial charge in [-0.1, -0.05) is 70.5 Å². The van der Waals surface area contributed by atoms with E-state index >= 15 is 0 Å². The fraction of sp³-hybridized carbons (Fsp3) is 0.311. The normalized spacial score (nSPS) is 16.5. The van der Waals surface area contributed by atoms with Crippen molar-refractivity contribution in [2.24, 2.45) is 5.92 Å². The lowest BCUT2D eigenvalue weighted by Crippen LogP contribution is -2.47. The average molecular weight is 808 g/mol. The van der Waals surface area contributed by atoms with Gasteiger partial charge in [-0.3, -0.25) is 9.69 Å². The molecule has 0 bridgehead atoms. The fourth-order valence-corrected chi connectivity index (χ4v) is 8.39. The monoisotopic (exact) mass is 806 g/mol. The Labute approximate surface area is 330 Å². The summed E-state index contributed by atoms with van der Waals surface area (Å²) in [6.45, 7) is 15.0. The molecule has 9 heteroatoms. The maximum absolute atomic E-state index is 12.6. The Morgan fingerprint density at radius 3 is 2.30 bits per heavy atom. The zero-order valence-corrected chi connectivity index (χ0v) is 33.4. The molecule has 0 saturated carbocycles. The highest BCUT2D eigenvalue weighted by atomic mass is 79.9. The van der Waals surface area contributed by atoms with E-state index in [0.717, 1.165) is 104 Å². The first-order chi connectivity index (χ1) is 26.3. The number of piperazine rings is 1. The molecular weight excluding hydrogens is 760 g/mol. The van der Waals surface area contributed by atoms with Gasteiger partial charge in [-0.05, 0) is 91.9 Å². The lowest BCUT2D eigenvalue weighted by Gasteiger charge is -2.40. The minimum atomic E-state index is 0.264. The Balaban J connectivity index is 0.887. The third kappa shape index (κ3) is 9.44. The molecule has 0 N–H and O–H groups in total. The van der Waals surface area contributed by atoms with Crippen LogP contribution >= 0.6 is 27.3 Å². The van der Waals surface area contributed by atoms with Crippen LogP contribution in [0.25, 0.3) is 20.5 Å². The van der Waals surface area contributed by atoms with Gasteiger partial charge in [-0.15, -0.1) is 11.3 Å². The molecule has 280 valence electrons. The van der Waals surface area contributed by atoms with E-state index in [9.17, 15) is 4.79 Å². The first-order valence-corrected chi connectivity index (χ1v) is 20.2. The second-order valence-corrected chi connectivity index (χ2v) is 16.0. The maximum Gasteiger partial charge on any atom is 0.160 e. The van der Waals surface area contributed by atoms with Gasteiger partial charge < -0.3 is 23.8 Å². The summed E-state index contributed by atoms with van der Waals surface area (Å²) in [5.74, 6) is 3.68. The maximum atomic E-state index is 12.6. The van der Waals surface area contributed by atoms with Crippen molar-refractivity contribution >= 4 is 43.1 Å². The van der Waals surface area contributed by atoms with E-state index < -0.39 is 0 Å². The van der Waals surface area contributed by atoms with Crippen LogP contribution in [0.3, 0.4) is 0 Å². The molecule has 1 atom stereocenters. The molecule has 1 aliphatic heterocycles. The van der Waals surface area contributed by atoms with E-state index in [2.05, 4.69) is 80.8 Å². The van der Waals surface area contributed by atoms with Crippen LogP contribution in [-0.2, 0) is 16.1 Å².